The SMILES string of the molecule is CC1=C(C(=O)c2ccccc2)[C@H](c2ccc(Cl)cc2Cl)n2c(nc3ccccc32)N1. The van der Waals surface area contributed by atoms with Gasteiger partial charge in [0.15, 0.2) is 5.78 Å². The monoisotopic (exact) mass is 433 g/mol. The number of carbonyl (C=O) groups excluding carboxylic acids is 1. The number of nitrogens with zero attached hydrogens (tertiary/aromatic N) is 2. The third-order valence-electron chi connectivity index (χ3n) is 5.37. The molecule has 148 valence electrons. The summed E-state index contributed by atoms with van der Waals surface area (Å²) in [5.74, 6) is 0.620. The second-order valence-electron chi connectivity index (χ2n) is 7.22. The van der Waals surface area contributed by atoms with Gasteiger partial charge in [0.2, 0.25) is 5.95 Å². The lowest BCUT2D eigenvalue weighted by Gasteiger charge is -2.31. The number of para-hydroxylation sites is 2. The van der Waals surface area contributed by atoms with E-state index in [2.05, 4.69) is 5.32 Å². The van der Waals surface area contributed by atoms with E-state index in [1.165, 1.54) is 0 Å². The quantitative estimate of drug-likeness (QED) is 0.374. The Kier molecular flexibility index (Phi) is 4.61. The van der Waals surface area contributed by atoms with Gasteiger partial charge >= 0.3 is 0 Å². The van der Waals surface area contributed by atoms with Crippen LogP contribution < -0.4 is 5.32 Å². The van der Waals surface area contributed by atoms with Gasteiger partial charge in [0.1, 0.15) is 0 Å². The second kappa shape index (κ2) is 7.31. The van der Waals surface area contributed by atoms with Crippen molar-refractivity contribution < 1.29 is 4.79 Å². The largest absolute Gasteiger partial charge is 0.329 e. The van der Waals surface area contributed by atoms with E-state index in [0.29, 0.717) is 27.1 Å². The highest BCUT2D eigenvalue weighted by molar-refractivity contribution is 6.35. The number of hydrogen-bond acceptors (Lipinski definition) is 3. The lowest BCUT2D eigenvalue weighted by molar-refractivity contribution is 0.102. The van der Waals surface area contributed by atoms with Crippen molar-refractivity contribution in [1.82, 2.24) is 9.55 Å². The number of rotatable bonds is 3. The Balaban J connectivity index is 1.79. The molecule has 6 heteroatoms. The molecule has 0 radical (unpaired) electrons. The Morgan fingerprint density at radius 3 is 2.50 bits per heavy atom. The molecule has 1 aromatic heterocycles. The van der Waals surface area contributed by atoms with Crippen LogP contribution in [0.1, 0.15) is 28.9 Å². The van der Waals surface area contributed by atoms with Crippen LogP contribution in [0, 0.1) is 0 Å². The number of fused-ring (bicyclic) bond motifs is 3. The molecule has 4 nitrogen and oxygen atoms in total. The molecule has 0 unspecified atom stereocenters. The minimum absolute atomic E-state index is 0.0555. The second-order valence-corrected chi connectivity index (χ2v) is 8.06. The summed E-state index contributed by atoms with van der Waals surface area (Å²) >= 11 is 12.8. The molecule has 2 heterocycles. The maximum absolute atomic E-state index is 13.6. The number of aromatic nitrogens is 2. The maximum atomic E-state index is 13.6. The molecule has 0 aliphatic carbocycles. The summed E-state index contributed by atoms with van der Waals surface area (Å²) in [6.07, 6.45) is 0. The molecule has 5 rings (SSSR count). The van der Waals surface area contributed by atoms with Crippen LogP contribution in [0.15, 0.2) is 84.1 Å². The normalized spacial score (nSPS) is 15.8. The molecule has 0 saturated heterocycles. The average Bonchev–Trinajstić information content (AvgIpc) is 3.11. The summed E-state index contributed by atoms with van der Waals surface area (Å²) in [6.45, 7) is 1.90. The van der Waals surface area contributed by atoms with Crippen molar-refractivity contribution in [3.8, 4) is 0 Å². The minimum Gasteiger partial charge on any atom is -0.329 e. The fourth-order valence-corrected chi connectivity index (χ4v) is 4.53. The molecule has 4 aromatic rings. The zero-order valence-corrected chi connectivity index (χ0v) is 17.6. The molecule has 30 heavy (non-hydrogen) atoms. The Morgan fingerprint density at radius 1 is 1.00 bits per heavy atom. The van der Waals surface area contributed by atoms with Gasteiger partial charge < -0.3 is 5.32 Å². The predicted octanol–water partition coefficient (Wildman–Crippen LogP) is 6.51. The fourth-order valence-electron chi connectivity index (χ4n) is 4.02. The number of Topliss-reactive ketones (excluding diaryl/α,β-unsaturated/α-hetero) is 1. The first-order chi connectivity index (χ1) is 14.5. The third-order valence-corrected chi connectivity index (χ3v) is 5.93. The van der Waals surface area contributed by atoms with Crippen molar-refractivity contribution >= 4 is 46.0 Å². The highest BCUT2D eigenvalue weighted by atomic mass is 35.5. The van der Waals surface area contributed by atoms with Gasteiger partial charge in [-0.2, -0.15) is 0 Å². The van der Waals surface area contributed by atoms with Gasteiger partial charge in [-0.15, -0.1) is 0 Å². The van der Waals surface area contributed by atoms with E-state index >= 15 is 0 Å². The molecule has 3 aromatic carbocycles. The summed E-state index contributed by atoms with van der Waals surface area (Å²) in [7, 11) is 0. The highest BCUT2D eigenvalue weighted by Gasteiger charge is 2.35. The van der Waals surface area contributed by atoms with E-state index in [9.17, 15) is 4.79 Å². The van der Waals surface area contributed by atoms with E-state index in [1.807, 2.05) is 72.2 Å². The smallest absolute Gasteiger partial charge is 0.209 e. The summed E-state index contributed by atoms with van der Waals surface area (Å²) in [4.78, 5) is 18.4. The van der Waals surface area contributed by atoms with Crippen LogP contribution in [-0.4, -0.2) is 15.3 Å². The van der Waals surface area contributed by atoms with E-state index in [1.54, 1.807) is 12.1 Å². The van der Waals surface area contributed by atoms with Crippen molar-refractivity contribution in [1.29, 1.82) is 0 Å². The first kappa shape index (κ1) is 18.9. The molecule has 1 aliphatic heterocycles. The van der Waals surface area contributed by atoms with Crippen LogP contribution in [0.25, 0.3) is 11.0 Å². The Bertz CT molecular complexity index is 1330. The lowest BCUT2D eigenvalue weighted by atomic mass is 9.89. The van der Waals surface area contributed by atoms with Gasteiger partial charge in [-0.25, -0.2) is 4.98 Å². The first-order valence-electron chi connectivity index (χ1n) is 9.54. The van der Waals surface area contributed by atoms with Crippen LogP contribution in [0.3, 0.4) is 0 Å². The number of benzene rings is 3. The number of carbonyl (C=O) groups is 1. The number of anilines is 1. The first-order valence-corrected chi connectivity index (χ1v) is 10.3. The van der Waals surface area contributed by atoms with Gasteiger partial charge in [0.05, 0.1) is 17.1 Å². The lowest BCUT2D eigenvalue weighted by Crippen LogP contribution is -2.28. The number of nitrogens with one attached hydrogen (secondary N) is 1. The van der Waals surface area contributed by atoms with Gasteiger partial charge in [-0.05, 0) is 36.8 Å². The highest BCUT2D eigenvalue weighted by Crippen LogP contribution is 2.42. The molecule has 1 N–H and O–H groups in total. The van der Waals surface area contributed by atoms with Crippen LogP contribution in [0.4, 0.5) is 5.95 Å². The Labute approximate surface area is 183 Å². The summed E-state index contributed by atoms with van der Waals surface area (Å²) < 4.78 is 2.04. The van der Waals surface area contributed by atoms with Gasteiger partial charge in [0.25, 0.3) is 0 Å². The van der Waals surface area contributed by atoms with Crippen molar-refractivity contribution in [3.63, 3.8) is 0 Å². The van der Waals surface area contributed by atoms with E-state index < -0.39 is 6.04 Å². The molecule has 0 spiro atoms. The van der Waals surface area contributed by atoms with Crippen molar-refractivity contribution in [2.24, 2.45) is 0 Å². The van der Waals surface area contributed by atoms with Crippen LogP contribution >= 0.6 is 23.2 Å². The van der Waals surface area contributed by atoms with Gasteiger partial charge in [0, 0.05) is 26.9 Å². The standard InChI is InChI=1S/C24H17Cl2N3O/c1-14-21(23(30)15-7-3-2-4-8-15)22(17-12-11-16(25)13-18(17)26)29-20-10-6-5-9-19(20)28-24(29)27-14/h2-13,22H,1H3,(H,27,28)/t22-/m0/s1. The average molecular weight is 434 g/mol. The molecule has 0 saturated carbocycles. The minimum atomic E-state index is -0.439. The maximum Gasteiger partial charge on any atom is 0.209 e. The molecular weight excluding hydrogens is 417 g/mol. The number of hydrogen-bond donors (Lipinski definition) is 1. The molecule has 0 amide bonds. The van der Waals surface area contributed by atoms with Crippen molar-refractivity contribution in [2.45, 2.75) is 13.0 Å². The Hall–Kier alpha value is -3.08. The topological polar surface area (TPSA) is 46.9 Å². The number of halogens is 2. The molecule has 1 atom stereocenters. The van der Waals surface area contributed by atoms with Crippen LogP contribution in [-0.2, 0) is 0 Å². The molecule has 0 fully saturated rings. The molecule has 0 bridgehead atoms. The zero-order valence-electron chi connectivity index (χ0n) is 16.1. The Morgan fingerprint density at radius 2 is 1.73 bits per heavy atom. The van der Waals surface area contributed by atoms with E-state index in [0.717, 1.165) is 22.3 Å². The van der Waals surface area contributed by atoms with Crippen molar-refractivity contribution in [3.05, 3.63) is 105 Å². The fraction of sp³-hybridized carbons (Fsp3) is 0.0833. The van der Waals surface area contributed by atoms with Gasteiger partial charge in [-0.3, -0.25) is 9.36 Å². The summed E-state index contributed by atoms with van der Waals surface area (Å²) in [5.41, 5.74) is 4.56. The zero-order chi connectivity index (χ0) is 20.8. The third kappa shape index (κ3) is 3.00. The predicted molar refractivity (Wildman–Crippen MR) is 121 cm³/mol. The van der Waals surface area contributed by atoms with Crippen molar-refractivity contribution in [2.75, 3.05) is 5.32 Å². The molecule has 1 aliphatic rings. The van der Waals surface area contributed by atoms with Gasteiger partial charge in [-0.1, -0.05) is 71.7 Å². The van der Waals surface area contributed by atoms with Crippen LogP contribution in [0.5, 0.6) is 0 Å². The van der Waals surface area contributed by atoms with E-state index in [4.69, 9.17) is 28.2 Å². The number of allylic oxidation sites excluding steroid dienone is 2. The summed E-state index contributed by atoms with van der Waals surface area (Å²) in [5, 5.41) is 4.37. The summed E-state index contributed by atoms with van der Waals surface area (Å²) in [6, 6.07) is 22.1. The number of ketones is 1. The number of imidazole rings is 1. The molecular formula is C24H17Cl2N3O. The van der Waals surface area contributed by atoms with E-state index in [-0.39, 0.29) is 5.78 Å². The van der Waals surface area contributed by atoms with Crippen LogP contribution in [0.2, 0.25) is 10.0 Å².